The van der Waals surface area contributed by atoms with Crippen LogP contribution in [0.1, 0.15) is 6.42 Å². The molecule has 1 heterocycles. The molecule has 0 aliphatic carbocycles. The smallest absolute Gasteiger partial charge is 0.142 e. The van der Waals surface area contributed by atoms with Gasteiger partial charge in [0.25, 0.3) is 0 Å². The number of aromatic nitrogens is 1. The predicted molar refractivity (Wildman–Crippen MR) is 79.0 cm³/mol. The SMILES string of the molecule is COCCOCCCOc1ccc2cnccc2c1N. The Balaban J connectivity index is 1.83. The molecule has 2 rings (SSSR count). The maximum Gasteiger partial charge on any atom is 0.142 e. The Hall–Kier alpha value is -1.85. The number of anilines is 1. The molecule has 1 aromatic carbocycles. The number of nitrogens with two attached hydrogens (primary N) is 1. The zero-order valence-corrected chi connectivity index (χ0v) is 11.7. The lowest BCUT2D eigenvalue weighted by atomic mass is 10.1. The molecule has 0 radical (unpaired) electrons. The second-order valence-corrected chi connectivity index (χ2v) is 4.38. The minimum atomic E-state index is 0.577. The minimum absolute atomic E-state index is 0.577. The molecule has 2 N–H and O–H groups in total. The van der Waals surface area contributed by atoms with Gasteiger partial charge < -0.3 is 19.9 Å². The van der Waals surface area contributed by atoms with Gasteiger partial charge in [-0.2, -0.15) is 0 Å². The summed E-state index contributed by atoms with van der Waals surface area (Å²) in [6.45, 7) is 2.46. The fourth-order valence-corrected chi connectivity index (χ4v) is 1.89. The van der Waals surface area contributed by atoms with Gasteiger partial charge in [0.05, 0.1) is 25.5 Å². The standard InChI is InChI=1S/C15H20N2O3/c1-18-9-10-19-7-2-8-20-14-4-3-12-11-17-6-5-13(12)15(14)16/h3-6,11H,2,7-10,16H2,1H3. The van der Waals surface area contributed by atoms with E-state index in [0.29, 0.717) is 37.9 Å². The fraction of sp³-hybridized carbons (Fsp3) is 0.400. The van der Waals surface area contributed by atoms with Crippen molar-refractivity contribution in [3.63, 3.8) is 0 Å². The fourth-order valence-electron chi connectivity index (χ4n) is 1.89. The van der Waals surface area contributed by atoms with E-state index < -0.39 is 0 Å². The van der Waals surface area contributed by atoms with Crippen LogP contribution in [0.5, 0.6) is 5.75 Å². The number of fused-ring (bicyclic) bond motifs is 1. The number of hydrogen-bond donors (Lipinski definition) is 1. The molecule has 1 aromatic heterocycles. The van der Waals surface area contributed by atoms with Crippen LogP contribution in [-0.2, 0) is 9.47 Å². The number of hydrogen-bond acceptors (Lipinski definition) is 5. The largest absolute Gasteiger partial charge is 0.491 e. The zero-order chi connectivity index (χ0) is 14.2. The van der Waals surface area contributed by atoms with E-state index in [2.05, 4.69) is 4.98 Å². The highest BCUT2D eigenvalue weighted by atomic mass is 16.5. The van der Waals surface area contributed by atoms with Crippen molar-refractivity contribution >= 4 is 16.5 Å². The van der Waals surface area contributed by atoms with E-state index in [9.17, 15) is 0 Å². The minimum Gasteiger partial charge on any atom is -0.491 e. The maximum atomic E-state index is 6.10. The number of benzene rings is 1. The molecule has 0 fully saturated rings. The third kappa shape index (κ3) is 3.82. The molecule has 0 aliphatic rings. The van der Waals surface area contributed by atoms with Gasteiger partial charge in [0.2, 0.25) is 0 Å². The number of nitrogens with zero attached hydrogens (tertiary/aromatic N) is 1. The molecule has 0 saturated heterocycles. The van der Waals surface area contributed by atoms with Crippen LogP contribution in [0, 0.1) is 0 Å². The maximum absolute atomic E-state index is 6.10. The van der Waals surface area contributed by atoms with Crippen molar-refractivity contribution in [1.82, 2.24) is 4.98 Å². The van der Waals surface area contributed by atoms with Crippen LogP contribution >= 0.6 is 0 Å². The van der Waals surface area contributed by atoms with Gasteiger partial charge in [-0.15, -0.1) is 0 Å². The second kappa shape index (κ2) is 7.67. The summed E-state index contributed by atoms with van der Waals surface area (Å²) in [6, 6.07) is 5.74. The van der Waals surface area contributed by atoms with Gasteiger partial charge >= 0.3 is 0 Å². The van der Waals surface area contributed by atoms with E-state index >= 15 is 0 Å². The van der Waals surface area contributed by atoms with Crippen LogP contribution in [0.2, 0.25) is 0 Å². The average molecular weight is 276 g/mol. The van der Waals surface area contributed by atoms with E-state index in [1.165, 1.54) is 0 Å². The van der Waals surface area contributed by atoms with Crippen LogP contribution < -0.4 is 10.5 Å². The summed E-state index contributed by atoms with van der Waals surface area (Å²) in [5.74, 6) is 0.709. The highest BCUT2D eigenvalue weighted by Crippen LogP contribution is 2.29. The van der Waals surface area contributed by atoms with Crippen LogP contribution in [0.4, 0.5) is 5.69 Å². The van der Waals surface area contributed by atoms with Gasteiger partial charge in [-0.3, -0.25) is 4.98 Å². The molecule has 0 unspecified atom stereocenters. The van der Waals surface area contributed by atoms with Gasteiger partial charge in [-0.05, 0) is 18.2 Å². The summed E-state index contributed by atoms with van der Waals surface area (Å²) < 4.78 is 16.0. The molecule has 0 spiro atoms. The number of methoxy groups -OCH3 is 1. The van der Waals surface area contributed by atoms with Crippen LogP contribution in [0.3, 0.4) is 0 Å². The summed E-state index contributed by atoms with van der Waals surface area (Å²) in [5.41, 5.74) is 6.76. The Morgan fingerprint density at radius 1 is 1.10 bits per heavy atom. The Labute approximate surface area is 118 Å². The number of pyridine rings is 1. The molecular weight excluding hydrogens is 256 g/mol. The first kappa shape index (κ1) is 14.6. The van der Waals surface area contributed by atoms with Crippen molar-refractivity contribution in [1.29, 1.82) is 0 Å². The van der Waals surface area contributed by atoms with Crippen molar-refractivity contribution < 1.29 is 14.2 Å². The molecule has 0 saturated carbocycles. The average Bonchev–Trinajstić information content (AvgIpc) is 2.49. The summed E-state index contributed by atoms with van der Waals surface area (Å²) in [4.78, 5) is 4.07. The highest BCUT2D eigenvalue weighted by molar-refractivity contribution is 5.95. The van der Waals surface area contributed by atoms with Crippen molar-refractivity contribution in [2.45, 2.75) is 6.42 Å². The van der Waals surface area contributed by atoms with Gasteiger partial charge in [0, 0.05) is 43.3 Å². The Kier molecular flexibility index (Phi) is 5.58. The first-order valence-electron chi connectivity index (χ1n) is 6.64. The topological polar surface area (TPSA) is 66.6 Å². The lowest BCUT2D eigenvalue weighted by Gasteiger charge is -2.11. The molecule has 0 aliphatic heterocycles. The van der Waals surface area contributed by atoms with Crippen molar-refractivity contribution in [3.05, 3.63) is 30.6 Å². The molecular formula is C15H20N2O3. The molecule has 2 aromatic rings. The Morgan fingerprint density at radius 3 is 2.85 bits per heavy atom. The summed E-state index contributed by atoms with van der Waals surface area (Å²) in [5, 5.41) is 1.98. The van der Waals surface area contributed by atoms with Gasteiger partial charge in [0.1, 0.15) is 5.75 Å². The molecule has 0 atom stereocenters. The molecule has 108 valence electrons. The number of nitrogen functional groups attached to an aromatic ring is 1. The molecule has 0 amide bonds. The third-order valence-corrected chi connectivity index (χ3v) is 2.94. The molecule has 20 heavy (non-hydrogen) atoms. The Bertz CT molecular complexity index is 546. The second-order valence-electron chi connectivity index (χ2n) is 4.38. The molecule has 5 nitrogen and oxygen atoms in total. The quantitative estimate of drug-likeness (QED) is 0.591. The van der Waals surface area contributed by atoms with Crippen molar-refractivity contribution in [2.75, 3.05) is 39.3 Å². The van der Waals surface area contributed by atoms with Crippen LogP contribution in [0.25, 0.3) is 10.8 Å². The molecule has 5 heteroatoms. The lowest BCUT2D eigenvalue weighted by Crippen LogP contribution is -2.07. The summed E-state index contributed by atoms with van der Waals surface area (Å²) >= 11 is 0. The van der Waals surface area contributed by atoms with E-state index in [1.54, 1.807) is 19.5 Å². The van der Waals surface area contributed by atoms with Gasteiger partial charge in [-0.1, -0.05) is 0 Å². The van der Waals surface area contributed by atoms with Crippen molar-refractivity contribution in [2.24, 2.45) is 0 Å². The van der Waals surface area contributed by atoms with E-state index in [0.717, 1.165) is 17.2 Å². The number of rotatable bonds is 8. The summed E-state index contributed by atoms with van der Waals surface area (Å²) in [6.07, 6.45) is 4.34. The van der Waals surface area contributed by atoms with E-state index in [1.807, 2.05) is 18.2 Å². The van der Waals surface area contributed by atoms with E-state index in [-0.39, 0.29) is 0 Å². The Morgan fingerprint density at radius 2 is 2.00 bits per heavy atom. The van der Waals surface area contributed by atoms with E-state index in [4.69, 9.17) is 19.9 Å². The first-order chi connectivity index (χ1) is 9.83. The van der Waals surface area contributed by atoms with Crippen LogP contribution in [-0.4, -0.2) is 38.5 Å². The van der Waals surface area contributed by atoms with Crippen molar-refractivity contribution in [3.8, 4) is 5.75 Å². The predicted octanol–water partition coefficient (Wildman–Crippen LogP) is 2.25. The summed E-state index contributed by atoms with van der Waals surface area (Å²) in [7, 11) is 1.66. The van der Waals surface area contributed by atoms with Gasteiger partial charge in [0.15, 0.2) is 0 Å². The zero-order valence-electron chi connectivity index (χ0n) is 11.7. The molecule has 0 bridgehead atoms. The third-order valence-electron chi connectivity index (χ3n) is 2.94. The van der Waals surface area contributed by atoms with Gasteiger partial charge in [-0.25, -0.2) is 0 Å². The van der Waals surface area contributed by atoms with Crippen LogP contribution in [0.15, 0.2) is 30.6 Å². The lowest BCUT2D eigenvalue weighted by molar-refractivity contribution is 0.0645. The highest BCUT2D eigenvalue weighted by Gasteiger charge is 2.05. The number of ether oxygens (including phenoxy) is 3. The first-order valence-corrected chi connectivity index (χ1v) is 6.64. The monoisotopic (exact) mass is 276 g/mol. The normalized spacial score (nSPS) is 10.8.